The van der Waals surface area contributed by atoms with E-state index >= 15 is 0 Å². The highest BCUT2D eigenvalue weighted by Crippen LogP contribution is 2.22. The normalized spacial score (nSPS) is 16.6. The minimum absolute atomic E-state index is 0. The Morgan fingerprint density at radius 2 is 1.80 bits per heavy atom. The van der Waals surface area contributed by atoms with Crippen LogP contribution in [0.15, 0.2) is 48.5 Å². The summed E-state index contributed by atoms with van der Waals surface area (Å²) in [6.07, 6.45) is 0. The lowest BCUT2D eigenvalue weighted by atomic mass is 10.0. The van der Waals surface area contributed by atoms with Crippen molar-refractivity contribution in [2.24, 2.45) is 0 Å². The molecule has 1 unspecified atom stereocenters. The number of benzene rings is 2. The third kappa shape index (κ3) is 5.19. The van der Waals surface area contributed by atoms with Gasteiger partial charge in [0.25, 0.3) is 0 Å². The minimum Gasteiger partial charge on any atom is -0.497 e. The molecule has 0 aromatic heterocycles. The number of hydrogen-bond donors (Lipinski definition) is 2. The van der Waals surface area contributed by atoms with E-state index < -0.39 is 0 Å². The zero-order valence-corrected chi connectivity index (χ0v) is 15.0. The molecule has 1 heterocycles. The van der Waals surface area contributed by atoms with E-state index in [1.807, 2.05) is 36.4 Å². The summed E-state index contributed by atoms with van der Waals surface area (Å²) < 4.78 is 10.5. The van der Waals surface area contributed by atoms with Gasteiger partial charge in [-0.2, -0.15) is 0 Å². The molecule has 1 aliphatic heterocycles. The second-order valence-corrected chi connectivity index (χ2v) is 5.72. The zero-order chi connectivity index (χ0) is 16.8. The summed E-state index contributed by atoms with van der Waals surface area (Å²) in [5.74, 6) is 0.826. The fourth-order valence-corrected chi connectivity index (χ4v) is 2.64. The summed E-state index contributed by atoms with van der Waals surface area (Å²) in [6.45, 7) is 2.33. The van der Waals surface area contributed by atoms with Crippen molar-refractivity contribution in [3.05, 3.63) is 54.1 Å². The molecule has 2 N–H and O–H groups in total. The Kier molecular flexibility index (Phi) is 7.25. The fraction of sp³-hybridized carbons (Fsp3) is 0.316. The van der Waals surface area contributed by atoms with Gasteiger partial charge < -0.3 is 20.1 Å². The molecule has 3 rings (SSSR count). The van der Waals surface area contributed by atoms with Crippen molar-refractivity contribution in [1.82, 2.24) is 10.6 Å². The summed E-state index contributed by atoms with van der Waals surface area (Å²) >= 11 is 0. The summed E-state index contributed by atoms with van der Waals surface area (Å²) in [5.41, 5.74) is 3.34. The van der Waals surface area contributed by atoms with Gasteiger partial charge in [-0.15, -0.1) is 12.4 Å². The van der Waals surface area contributed by atoms with E-state index in [1.54, 1.807) is 7.11 Å². The monoisotopic (exact) mass is 362 g/mol. The molecule has 5 nitrogen and oxygen atoms in total. The van der Waals surface area contributed by atoms with Crippen molar-refractivity contribution in [3.8, 4) is 16.9 Å². The molecular weight excluding hydrogens is 340 g/mol. The minimum atomic E-state index is -0.252. The molecule has 134 valence electrons. The van der Waals surface area contributed by atoms with Gasteiger partial charge in [-0.05, 0) is 28.8 Å². The number of amides is 1. The third-order valence-electron chi connectivity index (χ3n) is 4.08. The summed E-state index contributed by atoms with van der Waals surface area (Å²) in [5, 5.41) is 6.09. The highest BCUT2D eigenvalue weighted by Gasteiger charge is 2.20. The molecule has 6 heteroatoms. The van der Waals surface area contributed by atoms with Crippen LogP contribution in [-0.4, -0.2) is 38.8 Å². The van der Waals surface area contributed by atoms with E-state index in [0.717, 1.165) is 22.4 Å². The largest absolute Gasteiger partial charge is 0.497 e. The fourth-order valence-electron chi connectivity index (χ4n) is 2.64. The Hall–Kier alpha value is -2.08. The Labute approximate surface area is 154 Å². The van der Waals surface area contributed by atoms with E-state index in [2.05, 4.69) is 22.8 Å². The number of carbonyl (C=O) groups is 1. The van der Waals surface area contributed by atoms with Gasteiger partial charge in [-0.1, -0.05) is 36.4 Å². The molecule has 0 aliphatic carbocycles. The van der Waals surface area contributed by atoms with Crippen LogP contribution in [0.4, 0.5) is 0 Å². The first kappa shape index (κ1) is 19.2. The molecule has 1 aliphatic rings. The van der Waals surface area contributed by atoms with Crippen molar-refractivity contribution < 1.29 is 14.3 Å². The van der Waals surface area contributed by atoms with Crippen LogP contribution in [0.1, 0.15) is 5.56 Å². The second kappa shape index (κ2) is 9.42. The smallest absolute Gasteiger partial charge is 0.239 e. The number of halogens is 1. The van der Waals surface area contributed by atoms with Crippen molar-refractivity contribution in [3.63, 3.8) is 0 Å². The molecule has 0 bridgehead atoms. The summed E-state index contributed by atoms with van der Waals surface area (Å²) in [6, 6.07) is 15.9. The number of carbonyl (C=O) groups excluding carboxylic acids is 1. The van der Waals surface area contributed by atoms with Crippen molar-refractivity contribution in [1.29, 1.82) is 0 Å². The van der Waals surface area contributed by atoms with Gasteiger partial charge in [0.1, 0.15) is 11.8 Å². The number of nitrogens with one attached hydrogen (secondary N) is 2. The van der Waals surface area contributed by atoms with E-state index in [-0.39, 0.29) is 24.4 Å². The molecule has 0 saturated carbocycles. The van der Waals surface area contributed by atoms with Crippen molar-refractivity contribution >= 4 is 18.3 Å². The number of morpholine rings is 1. The highest BCUT2D eigenvalue weighted by atomic mass is 35.5. The zero-order valence-electron chi connectivity index (χ0n) is 14.2. The first-order chi connectivity index (χ1) is 11.8. The Balaban J connectivity index is 0.00000225. The average molecular weight is 363 g/mol. The maximum atomic E-state index is 12.1. The molecule has 2 aromatic carbocycles. The number of rotatable bonds is 5. The molecule has 1 fully saturated rings. The third-order valence-corrected chi connectivity index (χ3v) is 4.08. The molecule has 0 radical (unpaired) electrons. The lowest BCUT2D eigenvalue weighted by molar-refractivity contribution is -0.126. The maximum absolute atomic E-state index is 12.1. The summed E-state index contributed by atoms with van der Waals surface area (Å²) in [4.78, 5) is 12.1. The van der Waals surface area contributed by atoms with Gasteiger partial charge >= 0.3 is 0 Å². The maximum Gasteiger partial charge on any atom is 0.239 e. The molecule has 1 amide bonds. The van der Waals surface area contributed by atoms with Gasteiger partial charge in [0.05, 0.1) is 20.3 Å². The molecular formula is C19H23ClN2O3. The first-order valence-electron chi connectivity index (χ1n) is 8.08. The average Bonchev–Trinajstić information content (AvgIpc) is 2.67. The molecule has 1 saturated heterocycles. The molecule has 0 spiro atoms. The van der Waals surface area contributed by atoms with Gasteiger partial charge in [-0.3, -0.25) is 4.79 Å². The van der Waals surface area contributed by atoms with E-state index in [1.165, 1.54) is 0 Å². The van der Waals surface area contributed by atoms with Crippen LogP contribution in [0, 0.1) is 0 Å². The SMILES string of the molecule is COc1ccc(-c2ccc(CNC(=O)C3COCCN3)cc2)cc1.Cl. The van der Waals surface area contributed by atoms with Crippen LogP contribution in [0.25, 0.3) is 11.1 Å². The first-order valence-corrected chi connectivity index (χ1v) is 8.08. The quantitative estimate of drug-likeness (QED) is 0.857. The highest BCUT2D eigenvalue weighted by molar-refractivity contribution is 5.85. The number of hydrogen-bond acceptors (Lipinski definition) is 4. The molecule has 1 atom stereocenters. The summed E-state index contributed by atoms with van der Waals surface area (Å²) in [7, 11) is 1.66. The lowest BCUT2D eigenvalue weighted by Gasteiger charge is -2.22. The van der Waals surface area contributed by atoms with Gasteiger partial charge in [0.2, 0.25) is 5.91 Å². The van der Waals surface area contributed by atoms with Crippen LogP contribution in [0.3, 0.4) is 0 Å². The van der Waals surface area contributed by atoms with Gasteiger partial charge in [0.15, 0.2) is 0 Å². The Bertz CT molecular complexity index is 668. The van der Waals surface area contributed by atoms with Gasteiger partial charge in [0, 0.05) is 13.1 Å². The second-order valence-electron chi connectivity index (χ2n) is 5.72. The van der Waals surface area contributed by atoms with Crippen LogP contribution < -0.4 is 15.4 Å². The van der Waals surface area contributed by atoms with E-state index in [0.29, 0.717) is 26.3 Å². The lowest BCUT2D eigenvalue weighted by Crippen LogP contribution is -2.51. The standard InChI is InChI=1S/C19H22N2O3.ClH/c1-23-17-8-6-16(7-9-17)15-4-2-14(3-5-15)12-21-19(22)18-13-24-11-10-20-18;/h2-9,18,20H,10-13H2,1H3,(H,21,22);1H. The van der Waals surface area contributed by atoms with E-state index in [4.69, 9.17) is 9.47 Å². The van der Waals surface area contributed by atoms with Crippen LogP contribution >= 0.6 is 12.4 Å². The van der Waals surface area contributed by atoms with E-state index in [9.17, 15) is 4.79 Å². The number of ether oxygens (including phenoxy) is 2. The molecule has 2 aromatic rings. The van der Waals surface area contributed by atoms with Crippen molar-refractivity contribution in [2.45, 2.75) is 12.6 Å². The molecule has 25 heavy (non-hydrogen) atoms. The van der Waals surface area contributed by atoms with Crippen LogP contribution in [0.5, 0.6) is 5.75 Å². The predicted molar refractivity (Wildman–Crippen MR) is 100 cm³/mol. The van der Waals surface area contributed by atoms with Crippen LogP contribution in [0.2, 0.25) is 0 Å². The van der Waals surface area contributed by atoms with Gasteiger partial charge in [-0.25, -0.2) is 0 Å². The Morgan fingerprint density at radius 3 is 2.36 bits per heavy atom. The van der Waals surface area contributed by atoms with Crippen molar-refractivity contribution in [2.75, 3.05) is 26.9 Å². The topological polar surface area (TPSA) is 59.6 Å². The number of methoxy groups -OCH3 is 1. The predicted octanol–water partition coefficient (Wildman–Crippen LogP) is 2.39. The Morgan fingerprint density at radius 1 is 1.16 bits per heavy atom. The van der Waals surface area contributed by atoms with Crippen LogP contribution in [-0.2, 0) is 16.1 Å².